The predicted octanol–water partition coefficient (Wildman–Crippen LogP) is 3.33. The average Bonchev–Trinajstić information content (AvgIpc) is 3.02. The lowest BCUT2D eigenvalue weighted by molar-refractivity contribution is -0.123. The van der Waals surface area contributed by atoms with Crippen LogP contribution in [0.3, 0.4) is 0 Å². The van der Waals surface area contributed by atoms with Crippen LogP contribution in [-0.4, -0.2) is 76.4 Å². The van der Waals surface area contributed by atoms with E-state index in [1.807, 2.05) is 13.1 Å². The number of hydrogen-bond acceptors (Lipinski definition) is 6. The average molecular weight is 414 g/mol. The first-order valence-corrected chi connectivity index (χ1v) is 12.1. The zero-order valence-electron chi connectivity index (χ0n) is 19.3. The lowest BCUT2D eigenvalue weighted by Crippen LogP contribution is -2.55. The topological polar surface area (TPSA) is 52.6 Å². The molecule has 0 saturated carbocycles. The summed E-state index contributed by atoms with van der Waals surface area (Å²) in [5.41, 5.74) is 0. The highest BCUT2D eigenvalue weighted by atomic mass is 16.1. The Hall–Kier alpha value is -1.53. The van der Waals surface area contributed by atoms with Crippen LogP contribution in [-0.2, 0) is 4.79 Å². The van der Waals surface area contributed by atoms with E-state index in [2.05, 4.69) is 46.5 Å². The smallest absolute Gasteiger partial charge is 0.149 e. The zero-order chi connectivity index (χ0) is 21.3. The highest BCUT2D eigenvalue weighted by Gasteiger charge is 2.41. The highest BCUT2D eigenvalue weighted by molar-refractivity contribution is 5.82. The third-order valence-corrected chi connectivity index (χ3v) is 7.66. The summed E-state index contributed by atoms with van der Waals surface area (Å²) in [7, 11) is 0. The van der Waals surface area contributed by atoms with Crippen molar-refractivity contribution in [2.45, 2.75) is 83.8 Å². The van der Waals surface area contributed by atoms with Crippen molar-refractivity contribution in [2.24, 2.45) is 5.92 Å². The van der Waals surface area contributed by atoms with Crippen LogP contribution in [0.1, 0.15) is 71.5 Å². The summed E-state index contributed by atoms with van der Waals surface area (Å²) < 4.78 is 0. The summed E-state index contributed by atoms with van der Waals surface area (Å²) in [5.74, 6) is 3.10. The predicted molar refractivity (Wildman–Crippen MR) is 121 cm³/mol. The van der Waals surface area contributed by atoms with Gasteiger partial charge in [0.2, 0.25) is 0 Å². The maximum absolute atomic E-state index is 12.3. The molecule has 3 fully saturated rings. The van der Waals surface area contributed by atoms with Gasteiger partial charge in [0.15, 0.2) is 0 Å². The first-order chi connectivity index (χ1) is 14.5. The third kappa shape index (κ3) is 4.54. The molecule has 0 N–H and O–H groups in total. The molecule has 3 saturated heterocycles. The quantitative estimate of drug-likeness (QED) is 0.683. The van der Waals surface area contributed by atoms with Crippen molar-refractivity contribution in [3.63, 3.8) is 0 Å². The number of fused-ring (bicyclic) bond motifs is 2. The van der Waals surface area contributed by atoms with Gasteiger partial charge in [-0.1, -0.05) is 13.8 Å². The van der Waals surface area contributed by atoms with Crippen molar-refractivity contribution in [1.29, 1.82) is 0 Å². The second-order valence-electron chi connectivity index (χ2n) is 9.94. The van der Waals surface area contributed by atoms with Gasteiger partial charge in [-0.3, -0.25) is 14.6 Å². The van der Waals surface area contributed by atoms with E-state index in [-0.39, 0.29) is 5.92 Å². The van der Waals surface area contributed by atoms with Crippen LogP contribution < -0.4 is 4.90 Å². The Morgan fingerprint density at radius 3 is 2.37 bits per heavy atom. The molecule has 2 bridgehead atoms. The lowest BCUT2D eigenvalue weighted by atomic mass is 9.95. The largest absolute Gasteiger partial charge is 0.348 e. The van der Waals surface area contributed by atoms with Gasteiger partial charge < -0.3 is 4.90 Å². The van der Waals surface area contributed by atoms with Crippen LogP contribution >= 0.6 is 0 Å². The number of hydrogen-bond donors (Lipinski definition) is 0. The summed E-state index contributed by atoms with van der Waals surface area (Å²) in [6.07, 6.45) is 7.54. The fourth-order valence-electron chi connectivity index (χ4n) is 5.39. The van der Waals surface area contributed by atoms with Crippen LogP contribution in [0, 0.1) is 5.92 Å². The molecule has 1 aromatic rings. The Kier molecular flexibility index (Phi) is 6.73. The summed E-state index contributed by atoms with van der Waals surface area (Å²) in [6, 6.07) is 3.90. The molecule has 0 amide bonds. The summed E-state index contributed by atoms with van der Waals surface area (Å²) >= 11 is 0. The number of piperidine rings is 1. The molecule has 4 rings (SSSR count). The maximum atomic E-state index is 12.3. The van der Waals surface area contributed by atoms with E-state index >= 15 is 0 Å². The number of aromatic nitrogens is 2. The van der Waals surface area contributed by atoms with Crippen LogP contribution in [0.5, 0.6) is 0 Å². The van der Waals surface area contributed by atoms with Crippen molar-refractivity contribution < 1.29 is 4.79 Å². The number of carbonyl (C=O) groups is 1. The van der Waals surface area contributed by atoms with E-state index in [1.54, 1.807) is 0 Å². The molecule has 6 heteroatoms. The SMILES string of the molecule is CCC(C)C(=O)CN1CCC(c2nccc(N3C4CCC3CN(C(C)C)C4)n2)CC1. The van der Waals surface area contributed by atoms with Gasteiger partial charge in [0.25, 0.3) is 0 Å². The van der Waals surface area contributed by atoms with Gasteiger partial charge in [-0.25, -0.2) is 9.97 Å². The van der Waals surface area contributed by atoms with Gasteiger partial charge >= 0.3 is 0 Å². The number of nitrogens with zero attached hydrogens (tertiary/aromatic N) is 5. The highest BCUT2D eigenvalue weighted by Crippen LogP contribution is 2.35. The van der Waals surface area contributed by atoms with Crippen LogP contribution in [0.25, 0.3) is 0 Å². The minimum atomic E-state index is 0.175. The minimum absolute atomic E-state index is 0.175. The van der Waals surface area contributed by atoms with E-state index in [0.29, 0.717) is 36.4 Å². The molecule has 6 nitrogen and oxygen atoms in total. The lowest BCUT2D eigenvalue weighted by Gasteiger charge is -2.43. The Bertz CT molecular complexity index is 716. The van der Waals surface area contributed by atoms with Crippen LogP contribution in [0.15, 0.2) is 12.3 Å². The van der Waals surface area contributed by atoms with E-state index in [1.165, 1.54) is 12.8 Å². The molecule has 0 radical (unpaired) electrons. The number of carbonyl (C=O) groups excluding carboxylic acids is 1. The van der Waals surface area contributed by atoms with Gasteiger partial charge in [0.1, 0.15) is 17.4 Å². The number of anilines is 1. The third-order valence-electron chi connectivity index (χ3n) is 7.66. The summed E-state index contributed by atoms with van der Waals surface area (Å²) in [5, 5.41) is 0. The molecule has 3 atom stereocenters. The molecular weight excluding hydrogens is 374 g/mol. The second kappa shape index (κ2) is 9.31. The van der Waals surface area contributed by atoms with Crippen molar-refractivity contribution in [3.8, 4) is 0 Å². The molecule has 0 aromatic carbocycles. The normalized spacial score (nSPS) is 27.0. The van der Waals surface area contributed by atoms with Gasteiger partial charge in [0, 0.05) is 49.2 Å². The Labute approximate surface area is 182 Å². The van der Waals surface area contributed by atoms with Gasteiger partial charge in [-0.2, -0.15) is 0 Å². The zero-order valence-corrected chi connectivity index (χ0v) is 19.3. The summed E-state index contributed by atoms with van der Waals surface area (Å²) in [4.78, 5) is 29.5. The fraction of sp³-hybridized carbons (Fsp3) is 0.792. The first kappa shape index (κ1) is 21.7. The van der Waals surface area contributed by atoms with Crippen molar-refractivity contribution in [3.05, 3.63) is 18.1 Å². The molecular formula is C24H39N5O. The number of piperazine rings is 1. The monoisotopic (exact) mass is 413 g/mol. The number of ketones is 1. The van der Waals surface area contributed by atoms with Crippen LogP contribution in [0.2, 0.25) is 0 Å². The molecule has 30 heavy (non-hydrogen) atoms. The molecule has 4 heterocycles. The van der Waals surface area contributed by atoms with Crippen molar-refractivity contribution >= 4 is 11.6 Å². The molecule has 0 spiro atoms. The molecule has 166 valence electrons. The van der Waals surface area contributed by atoms with Crippen molar-refractivity contribution in [2.75, 3.05) is 37.6 Å². The molecule has 3 aliphatic heterocycles. The van der Waals surface area contributed by atoms with Crippen LogP contribution in [0.4, 0.5) is 5.82 Å². The van der Waals surface area contributed by atoms with E-state index < -0.39 is 0 Å². The van der Waals surface area contributed by atoms with E-state index in [4.69, 9.17) is 4.98 Å². The molecule has 3 unspecified atom stereocenters. The molecule has 0 aliphatic carbocycles. The van der Waals surface area contributed by atoms with Gasteiger partial charge in [0.05, 0.1) is 6.54 Å². The fourth-order valence-corrected chi connectivity index (χ4v) is 5.39. The number of Topliss-reactive ketones (excluding diaryl/α,β-unsaturated/α-hetero) is 1. The summed E-state index contributed by atoms with van der Waals surface area (Å²) in [6.45, 7) is 13.6. The molecule has 3 aliphatic rings. The minimum Gasteiger partial charge on any atom is -0.348 e. The van der Waals surface area contributed by atoms with Crippen molar-refractivity contribution in [1.82, 2.24) is 19.8 Å². The second-order valence-corrected chi connectivity index (χ2v) is 9.94. The Morgan fingerprint density at radius 1 is 1.10 bits per heavy atom. The van der Waals surface area contributed by atoms with E-state index in [0.717, 1.165) is 57.1 Å². The van der Waals surface area contributed by atoms with E-state index in [9.17, 15) is 4.79 Å². The first-order valence-electron chi connectivity index (χ1n) is 12.1. The Morgan fingerprint density at radius 2 is 1.77 bits per heavy atom. The van der Waals surface area contributed by atoms with Gasteiger partial charge in [-0.15, -0.1) is 0 Å². The maximum Gasteiger partial charge on any atom is 0.149 e. The Balaban J connectivity index is 1.38. The standard InChI is InChI=1S/C24H39N5O/c1-5-18(4)22(30)16-27-12-9-19(10-13-27)24-25-11-8-23(26-24)29-20-6-7-21(29)15-28(14-20)17(2)3/h8,11,17-21H,5-7,9-10,12-16H2,1-4H3. The molecule has 1 aromatic heterocycles. The number of likely N-dealkylation sites (tertiary alicyclic amines) is 2. The van der Waals surface area contributed by atoms with Gasteiger partial charge in [-0.05, 0) is 65.1 Å². The number of rotatable bonds is 7.